The van der Waals surface area contributed by atoms with Crippen molar-refractivity contribution in [1.82, 2.24) is 15.5 Å². The molecular weight excluding hydrogens is 378 g/mol. The first-order chi connectivity index (χ1) is 14.4. The van der Waals surface area contributed by atoms with E-state index in [9.17, 15) is 9.59 Å². The molecule has 1 fully saturated rings. The van der Waals surface area contributed by atoms with Gasteiger partial charge in [0, 0.05) is 39.3 Å². The van der Waals surface area contributed by atoms with Gasteiger partial charge in [-0.1, -0.05) is 31.9 Å². The Balaban J connectivity index is 2.04. The molecule has 1 saturated carbocycles. The fourth-order valence-corrected chi connectivity index (χ4v) is 3.96. The van der Waals surface area contributed by atoms with Gasteiger partial charge in [-0.2, -0.15) is 0 Å². The number of guanidine groups is 1. The third-order valence-electron chi connectivity index (χ3n) is 5.47. The van der Waals surface area contributed by atoms with Crippen molar-refractivity contribution in [2.45, 2.75) is 58.9 Å². The Labute approximate surface area is 180 Å². The van der Waals surface area contributed by atoms with Crippen molar-refractivity contribution in [2.75, 3.05) is 32.5 Å². The lowest BCUT2D eigenvalue weighted by Crippen LogP contribution is -2.49. The summed E-state index contributed by atoms with van der Waals surface area (Å²) >= 11 is 0. The van der Waals surface area contributed by atoms with Gasteiger partial charge in [-0.15, -0.1) is 0 Å². The molecule has 1 aliphatic rings. The second kappa shape index (κ2) is 11.6. The SMILES string of the molecule is CCCC(=O)Nc1cccc(CN=C(NCC)NCC2(C(=O)N(C)C)CCCC2)c1. The molecule has 0 spiro atoms. The van der Waals surface area contributed by atoms with E-state index in [4.69, 9.17) is 4.99 Å². The Hall–Kier alpha value is -2.57. The van der Waals surface area contributed by atoms with E-state index in [1.54, 1.807) is 4.90 Å². The fraction of sp³-hybridized carbons (Fsp3) is 0.609. The molecule has 7 heteroatoms. The van der Waals surface area contributed by atoms with Crippen LogP contribution >= 0.6 is 0 Å². The normalized spacial score (nSPS) is 15.5. The zero-order valence-electron chi connectivity index (χ0n) is 18.9. The highest BCUT2D eigenvalue weighted by molar-refractivity contribution is 5.90. The van der Waals surface area contributed by atoms with Crippen molar-refractivity contribution in [2.24, 2.45) is 10.4 Å². The van der Waals surface area contributed by atoms with Crippen LogP contribution < -0.4 is 16.0 Å². The second-order valence-corrected chi connectivity index (χ2v) is 8.23. The summed E-state index contributed by atoms with van der Waals surface area (Å²) in [4.78, 5) is 31.0. The zero-order valence-corrected chi connectivity index (χ0v) is 18.9. The summed E-state index contributed by atoms with van der Waals surface area (Å²) in [6.07, 6.45) is 5.35. The Bertz CT molecular complexity index is 739. The second-order valence-electron chi connectivity index (χ2n) is 8.23. The molecule has 0 unspecified atom stereocenters. The predicted octanol–water partition coefficient (Wildman–Crippen LogP) is 3.13. The maximum Gasteiger partial charge on any atom is 0.230 e. The van der Waals surface area contributed by atoms with Crippen LogP contribution in [-0.4, -0.2) is 49.9 Å². The Morgan fingerprint density at radius 3 is 2.50 bits per heavy atom. The third kappa shape index (κ3) is 6.75. The number of hydrogen-bond acceptors (Lipinski definition) is 3. The first kappa shape index (κ1) is 23.7. The van der Waals surface area contributed by atoms with E-state index >= 15 is 0 Å². The average Bonchev–Trinajstić information content (AvgIpc) is 3.20. The van der Waals surface area contributed by atoms with Crippen LogP contribution in [0.5, 0.6) is 0 Å². The van der Waals surface area contributed by atoms with Crippen molar-refractivity contribution >= 4 is 23.5 Å². The van der Waals surface area contributed by atoms with E-state index in [0.717, 1.165) is 49.9 Å². The van der Waals surface area contributed by atoms with E-state index in [1.807, 2.05) is 52.2 Å². The maximum absolute atomic E-state index is 12.8. The van der Waals surface area contributed by atoms with Crippen LogP contribution in [0.3, 0.4) is 0 Å². The molecule has 2 amide bonds. The number of amides is 2. The van der Waals surface area contributed by atoms with Crippen molar-refractivity contribution < 1.29 is 9.59 Å². The Morgan fingerprint density at radius 1 is 1.13 bits per heavy atom. The Morgan fingerprint density at radius 2 is 1.87 bits per heavy atom. The first-order valence-corrected chi connectivity index (χ1v) is 11.0. The lowest BCUT2D eigenvalue weighted by atomic mass is 9.84. The summed E-state index contributed by atoms with van der Waals surface area (Å²) in [5.41, 5.74) is 1.46. The van der Waals surface area contributed by atoms with Crippen LogP contribution in [-0.2, 0) is 16.1 Å². The van der Waals surface area contributed by atoms with E-state index in [0.29, 0.717) is 25.5 Å². The van der Waals surface area contributed by atoms with Gasteiger partial charge in [0.1, 0.15) is 0 Å². The monoisotopic (exact) mass is 415 g/mol. The number of hydrogen-bond donors (Lipinski definition) is 3. The molecule has 0 bridgehead atoms. The van der Waals surface area contributed by atoms with Gasteiger partial charge in [-0.3, -0.25) is 9.59 Å². The number of benzene rings is 1. The van der Waals surface area contributed by atoms with Crippen molar-refractivity contribution in [3.63, 3.8) is 0 Å². The number of nitrogens with one attached hydrogen (secondary N) is 3. The zero-order chi connectivity index (χ0) is 22.0. The number of anilines is 1. The van der Waals surface area contributed by atoms with Crippen LogP contribution in [0, 0.1) is 5.41 Å². The molecule has 0 aromatic heterocycles. The summed E-state index contributed by atoms with van der Waals surface area (Å²) in [6, 6.07) is 7.77. The molecule has 3 N–H and O–H groups in total. The molecular formula is C23H37N5O2. The van der Waals surface area contributed by atoms with Gasteiger partial charge in [0.05, 0.1) is 12.0 Å². The number of aliphatic imine (C=N–C) groups is 1. The van der Waals surface area contributed by atoms with E-state index in [2.05, 4.69) is 16.0 Å². The summed E-state index contributed by atoms with van der Waals surface area (Å²) < 4.78 is 0. The van der Waals surface area contributed by atoms with Crippen LogP contribution in [0.4, 0.5) is 5.69 Å². The standard InChI is InChI=1S/C23H37N5O2/c1-5-10-20(29)27-19-12-9-11-18(15-19)16-25-22(24-6-2)26-17-23(13-7-8-14-23)21(30)28(3)4/h9,11-12,15H,5-8,10,13-14,16-17H2,1-4H3,(H,27,29)(H2,24,25,26). The molecule has 1 aromatic carbocycles. The van der Waals surface area contributed by atoms with E-state index in [-0.39, 0.29) is 17.2 Å². The molecule has 2 rings (SSSR count). The van der Waals surface area contributed by atoms with Gasteiger partial charge in [0.15, 0.2) is 5.96 Å². The quantitative estimate of drug-likeness (QED) is 0.427. The van der Waals surface area contributed by atoms with Gasteiger partial charge < -0.3 is 20.9 Å². The van der Waals surface area contributed by atoms with Crippen LogP contribution in [0.25, 0.3) is 0 Å². The molecule has 7 nitrogen and oxygen atoms in total. The van der Waals surface area contributed by atoms with Crippen LogP contribution in [0.15, 0.2) is 29.3 Å². The summed E-state index contributed by atoms with van der Waals surface area (Å²) in [5.74, 6) is 0.926. The molecule has 0 radical (unpaired) electrons. The molecule has 30 heavy (non-hydrogen) atoms. The largest absolute Gasteiger partial charge is 0.357 e. The molecule has 0 heterocycles. The number of rotatable bonds is 9. The van der Waals surface area contributed by atoms with Gasteiger partial charge in [-0.25, -0.2) is 4.99 Å². The highest BCUT2D eigenvalue weighted by Gasteiger charge is 2.42. The first-order valence-electron chi connectivity index (χ1n) is 11.0. The molecule has 166 valence electrons. The number of nitrogens with zero attached hydrogens (tertiary/aromatic N) is 2. The highest BCUT2D eigenvalue weighted by Crippen LogP contribution is 2.38. The highest BCUT2D eigenvalue weighted by atomic mass is 16.2. The van der Waals surface area contributed by atoms with Gasteiger partial charge in [0.2, 0.25) is 11.8 Å². The predicted molar refractivity (Wildman–Crippen MR) is 122 cm³/mol. The third-order valence-corrected chi connectivity index (χ3v) is 5.47. The van der Waals surface area contributed by atoms with Gasteiger partial charge in [0.25, 0.3) is 0 Å². The van der Waals surface area contributed by atoms with Crippen LogP contribution in [0.1, 0.15) is 57.9 Å². The van der Waals surface area contributed by atoms with Gasteiger partial charge >= 0.3 is 0 Å². The fourth-order valence-electron chi connectivity index (χ4n) is 3.96. The smallest absolute Gasteiger partial charge is 0.230 e. The summed E-state index contributed by atoms with van der Waals surface area (Å²) in [7, 11) is 3.65. The van der Waals surface area contributed by atoms with Crippen molar-refractivity contribution in [3.05, 3.63) is 29.8 Å². The van der Waals surface area contributed by atoms with E-state index < -0.39 is 0 Å². The minimum atomic E-state index is -0.344. The van der Waals surface area contributed by atoms with Gasteiger partial charge in [-0.05, 0) is 43.9 Å². The molecule has 0 atom stereocenters. The topological polar surface area (TPSA) is 85.8 Å². The Kier molecular flexibility index (Phi) is 9.15. The number of carbonyl (C=O) groups excluding carboxylic acids is 2. The van der Waals surface area contributed by atoms with E-state index in [1.165, 1.54) is 0 Å². The average molecular weight is 416 g/mol. The minimum absolute atomic E-state index is 0.0283. The van der Waals surface area contributed by atoms with Crippen LogP contribution in [0.2, 0.25) is 0 Å². The lowest BCUT2D eigenvalue weighted by molar-refractivity contribution is -0.138. The summed E-state index contributed by atoms with van der Waals surface area (Å²) in [6.45, 7) is 5.83. The maximum atomic E-state index is 12.8. The molecule has 0 saturated heterocycles. The molecule has 1 aromatic rings. The summed E-state index contributed by atoms with van der Waals surface area (Å²) in [5, 5.41) is 9.59. The molecule has 1 aliphatic carbocycles. The lowest BCUT2D eigenvalue weighted by Gasteiger charge is -2.31. The molecule has 0 aliphatic heterocycles. The van der Waals surface area contributed by atoms with Crippen molar-refractivity contribution in [3.8, 4) is 0 Å². The van der Waals surface area contributed by atoms with Crippen molar-refractivity contribution in [1.29, 1.82) is 0 Å². The number of carbonyl (C=O) groups is 2. The minimum Gasteiger partial charge on any atom is -0.357 e.